The van der Waals surface area contributed by atoms with E-state index in [0.29, 0.717) is 19.6 Å². The molecule has 1 aromatic heterocycles. The maximum absolute atomic E-state index is 12.7. The number of rotatable bonds is 2. The lowest BCUT2D eigenvalue weighted by atomic mass is 9.92. The number of likely N-dealkylation sites (N-methyl/N-ethyl adjacent to an activating group) is 1. The minimum Gasteiger partial charge on any atom is -0.336 e. The van der Waals surface area contributed by atoms with Crippen molar-refractivity contribution >= 4 is 28.8 Å². The fourth-order valence-corrected chi connectivity index (χ4v) is 4.52. The zero-order valence-electron chi connectivity index (χ0n) is 14.2. The number of carbonyl (C=O) groups is 2. The average Bonchev–Trinajstić information content (AvgIpc) is 3.30. The second-order valence-corrected chi connectivity index (χ2v) is 7.80. The van der Waals surface area contributed by atoms with E-state index in [1.165, 1.54) is 11.3 Å². The van der Waals surface area contributed by atoms with Crippen LogP contribution < -0.4 is 4.90 Å². The molecule has 25 heavy (non-hydrogen) atoms. The van der Waals surface area contributed by atoms with Crippen LogP contribution in [0.1, 0.15) is 16.1 Å². The highest BCUT2D eigenvalue weighted by molar-refractivity contribution is 7.12. The Bertz CT molecular complexity index is 777. The topological polar surface area (TPSA) is 43.9 Å². The Labute approximate surface area is 151 Å². The van der Waals surface area contributed by atoms with Gasteiger partial charge in [0.25, 0.3) is 5.91 Å². The van der Waals surface area contributed by atoms with Gasteiger partial charge in [-0.3, -0.25) is 14.5 Å². The van der Waals surface area contributed by atoms with Crippen molar-refractivity contribution in [2.75, 3.05) is 38.1 Å². The molecule has 1 aromatic carbocycles. The second kappa shape index (κ2) is 6.28. The number of likely N-dealkylation sites (tertiary alicyclic amines) is 1. The van der Waals surface area contributed by atoms with Crippen molar-refractivity contribution in [2.45, 2.75) is 12.0 Å². The Morgan fingerprint density at radius 3 is 2.64 bits per heavy atom. The molecule has 1 spiro atoms. The third-order valence-corrected chi connectivity index (χ3v) is 6.21. The molecule has 0 N–H and O–H groups in total. The number of thiophene rings is 1. The van der Waals surface area contributed by atoms with E-state index in [1.54, 1.807) is 0 Å². The summed E-state index contributed by atoms with van der Waals surface area (Å²) in [5, 5.41) is 1.93. The molecule has 0 bridgehead atoms. The number of amides is 2. The zero-order chi connectivity index (χ0) is 17.4. The van der Waals surface area contributed by atoms with Gasteiger partial charge in [0.1, 0.15) is 0 Å². The van der Waals surface area contributed by atoms with Crippen LogP contribution in [0.2, 0.25) is 0 Å². The lowest BCUT2D eigenvalue weighted by Gasteiger charge is -2.46. The molecule has 1 atom stereocenters. The number of benzene rings is 1. The van der Waals surface area contributed by atoms with Crippen molar-refractivity contribution in [3.8, 4) is 0 Å². The molecule has 3 heterocycles. The predicted molar refractivity (Wildman–Crippen MR) is 99.0 cm³/mol. The number of hydrogen-bond donors (Lipinski definition) is 0. The molecule has 2 saturated heterocycles. The summed E-state index contributed by atoms with van der Waals surface area (Å²) >= 11 is 1.48. The van der Waals surface area contributed by atoms with Gasteiger partial charge < -0.3 is 9.80 Å². The van der Waals surface area contributed by atoms with Crippen molar-refractivity contribution in [1.29, 1.82) is 0 Å². The molecular weight excluding hydrogens is 334 g/mol. The summed E-state index contributed by atoms with van der Waals surface area (Å²) < 4.78 is 0. The normalized spacial score (nSPS) is 24.3. The molecule has 130 valence electrons. The van der Waals surface area contributed by atoms with Crippen LogP contribution in [-0.4, -0.2) is 60.4 Å². The molecule has 0 radical (unpaired) electrons. The number of para-hydroxylation sites is 1. The second-order valence-electron chi connectivity index (χ2n) is 6.85. The number of anilines is 1. The lowest BCUT2D eigenvalue weighted by molar-refractivity contribution is -0.123. The molecule has 2 aliphatic heterocycles. The predicted octanol–water partition coefficient (Wildman–Crippen LogP) is 2.31. The maximum Gasteiger partial charge on any atom is 0.263 e. The Kier molecular flexibility index (Phi) is 4.09. The highest BCUT2D eigenvalue weighted by Crippen LogP contribution is 2.34. The third-order valence-electron chi connectivity index (χ3n) is 5.35. The first-order chi connectivity index (χ1) is 12.1. The third kappa shape index (κ3) is 2.85. The molecule has 2 aromatic rings. The zero-order valence-corrected chi connectivity index (χ0v) is 15.0. The van der Waals surface area contributed by atoms with Crippen LogP contribution in [0.15, 0.2) is 47.8 Å². The molecule has 0 unspecified atom stereocenters. The van der Waals surface area contributed by atoms with Gasteiger partial charge in [-0.25, -0.2) is 0 Å². The van der Waals surface area contributed by atoms with Gasteiger partial charge in [0.15, 0.2) is 0 Å². The maximum atomic E-state index is 12.7. The van der Waals surface area contributed by atoms with E-state index in [9.17, 15) is 9.59 Å². The summed E-state index contributed by atoms with van der Waals surface area (Å²) in [4.78, 5) is 32.0. The molecule has 2 amide bonds. The highest BCUT2D eigenvalue weighted by Gasteiger charge is 2.48. The Morgan fingerprint density at radius 2 is 1.92 bits per heavy atom. The van der Waals surface area contributed by atoms with Crippen LogP contribution in [-0.2, 0) is 4.79 Å². The quantitative estimate of drug-likeness (QED) is 0.830. The van der Waals surface area contributed by atoms with Crippen molar-refractivity contribution < 1.29 is 9.59 Å². The van der Waals surface area contributed by atoms with E-state index in [1.807, 2.05) is 64.7 Å². The van der Waals surface area contributed by atoms with E-state index in [-0.39, 0.29) is 17.4 Å². The summed E-state index contributed by atoms with van der Waals surface area (Å²) in [6.45, 7) is 2.41. The molecule has 0 aliphatic carbocycles. The largest absolute Gasteiger partial charge is 0.336 e. The van der Waals surface area contributed by atoms with Crippen molar-refractivity contribution in [1.82, 2.24) is 9.80 Å². The van der Waals surface area contributed by atoms with Gasteiger partial charge in [-0.2, -0.15) is 0 Å². The van der Waals surface area contributed by atoms with Gasteiger partial charge in [-0.1, -0.05) is 24.3 Å². The van der Waals surface area contributed by atoms with Gasteiger partial charge in [-0.05, 0) is 37.0 Å². The van der Waals surface area contributed by atoms with Crippen LogP contribution in [0.3, 0.4) is 0 Å². The lowest BCUT2D eigenvalue weighted by Crippen LogP contribution is -2.64. The van der Waals surface area contributed by atoms with Crippen LogP contribution in [0.25, 0.3) is 0 Å². The van der Waals surface area contributed by atoms with Crippen LogP contribution in [0.5, 0.6) is 0 Å². The van der Waals surface area contributed by atoms with Gasteiger partial charge >= 0.3 is 0 Å². The van der Waals surface area contributed by atoms with Gasteiger partial charge in [0.05, 0.1) is 17.0 Å². The summed E-state index contributed by atoms with van der Waals surface area (Å²) in [7, 11) is 2.00. The first-order valence-electron chi connectivity index (χ1n) is 8.48. The van der Waals surface area contributed by atoms with Crippen molar-refractivity contribution in [2.24, 2.45) is 0 Å². The summed E-state index contributed by atoms with van der Waals surface area (Å²) in [5.74, 6) is 0.214. The van der Waals surface area contributed by atoms with E-state index in [2.05, 4.69) is 4.90 Å². The molecule has 5 nitrogen and oxygen atoms in total. The minimum atomic E-state index is -0.170. The van der Waals surface area contributed by atoms with Crippen LogP contribution >= 0.6 is 11.3 Å². The molecule has 6 heteroatoms. The van der Waals surface area contributed by atoms with Gasteiger partial charge in [0.2, 0.25) is 5.91 Å². The smallest absolute Gasteiger partial charge is 0.263 e. The van der Waals surface area contributed by atoms with E-state index in [4.69, 9.17) is 0 Å². The highest BCUT2D eigenvalue weighted by atomic mass is 32.1. The van der Waals surface area contributed by atoms with Crippen LogP contribution in [0, 0.1) is 0 Å². The van der Waals surface area contributed by atoms with E-state index < -0.39 is 0 Å². The molecule has 4 rings (SSSR count). The van der Waals surface area contributed by atoms with Crippen molar-refractivity contribution in [3.05, 3.63) is 52.7 Å². The van der Waals surface area contributed by atoms with E-state index in [0.717, 1.165) is 23.5 Å². The average molecular weight is 355 g/mol. The first-order valence-corrected chi connectivity index (χ1v) is 9.36. The summed E-state index contributed by atoms with van der Waals surface area (Å²) in [6, 6.07) is 13.6. The fourth-order valence-electron chi connectivity index (χ4n) is 3.83. The molecular formula is C19H21N3O2S. The SMILES string of the molecule is CN1CC(=O)N(c2ccccc2)C[C@]12CCN(C(=O)c1cccs1)C2. The molecule has 2 fully saturated rings. The Morgan fingerprint density at radius 1 is 1.12 bits per heavy atom. The van der Waals surface area contributed by atoms with E-state index >= 15 is 0 Å². The Hall–Kier alpha value is -2.18. The molecule has 2 aliphatic rings. The number of hydrogen-bond acceptors (Lipinski definition) is 4. The number of nitrogens with zero attached hydrogens (tertiary/aromatic N) is 3. The van der Waals surface area contributed by atoms with Gasteiger partial charge in [-0.15, -0.1) is 11.3 Å². The fraction of sp³-hybridized carbons (Fsp3) is 0.368. The Balaban J connectivity index is 1.56. The monoisotopic (exact) mass is 355 g/mol. The first kappa shape index (κ1) is 16.3. The minimum absolute atomic E-state index is 0.100. The van der Waals surface area contributed by atoms with Crippen molar-refractivity contribution in [3.63, 3.8) is 0 Å². The van der Waals surface area contributed by atoms with Crippen LogP contribution in [0.4, 0.5) is 5.69 Å². The number of carbonyl (C=O) groups excluding carboxylic acids is 2. The summed E-state index contributed by atoms with van der Waals surface area (Å²) in [5.41, 5.74) is 0.763. The molecule has 0 saturated carbocycles. The summed E-state index contributed by atoms with van der Waals surface area (Å²) in [6.07, 6.45) is 0.886. The number of piperazine rings is 1. The van der Waals surface area contributed by atoms with Gasteiger partial charge in [0, 0.05) is 25.3 Å². The standard InChI is InChI=1S/C19H21N3O2S/c1-20-12-17(23)22(15-6-3-2-4-7-15)14-19(20)9-10-21(13-19)18(24)16-8-5-11-25-16/h2-8,11H,9-10,12-14H2,1H3/t19-/m1/s1.